The summed E-state index contributed by atoms with van der Waals surface area (Å²) in [4.78, 5) is 0. The van der Waals surface area contributed by atoms with Gasteiger partial charge in [0.2, 0.25) is 0 Å². The van der Waals surface area contributed by atoms with Gasteiger partial charge in [0, 0.05) is 12.2 Å². The van der Waals surface area contributed by atoms with E-state index >= 15 is 0 Å². The number of ether oxygens (including phenoxy) is 1. The number of rotatable bonds is 4. The summed E-state index contributed by atoms with van der Waals surface area (Å²) in [6.45, 7) is 3.00. The van der Waals surface area contributed by atoms with Crippen LogP contribution >= 0.6 is 0 Å². The fourth-order valence-electron chi connectivity index (χ4n) is 2.92. The van der Waals surface area contributed by atoms with Gasteiger partial charge in [0.1, 0.15) is 5.75 Å². The summed E-state index contributed by atoms with van der Waals surface area (Å²) in [7, 11) is 1.69. The lowest BCUT2D eigenvalue weighted by atomic mass is 9.73. The third kappa shape index (κ3) is 2.61. The summed E-state index contributed by atoms with van der Waals surface area (Å²) >= 11 is 0. The van der Waals surface area contributed by atoms with Gasteiger partial charge >= 0.3 is 0 Å². The van der Waals surface area contributed by atoms with Crippen molar-refractivity contribution in [3.05, 3.63) is 24.3 Å². The third-order valence-corrected chi connectivity index (χ3v) is 4.30. The number of nitrogens with two attached hydrogens (primary N) is 1. The van der Waals surface area contributed by atoms with Crippen LogP contribution in [0.25, 0.3) is 0 Å². The summed E-state index contributed by atoms with van der Waals surface area (Å²) in [6, 6.07) is 8.11. The van der Waals surface area contributed by atoms with E-state index in [1.165, 1.54) is 19.3 Å². The molecule has 0 heterocycles. The normalized spacial score (nSPS) is 27.8. The summed E-state index contributed by atoms with van der Waals surface area (Å²) < 4.78 is 5.18. The molecule has 0 radical (unpaired) electrons. The van der Waals surface area contributed by atoms with Crippen molar-refractivity contribution in [2.75, 3.05) is 19.0 Å². The lowest BCUT2D eigenvalue weighted by molar-refractivity contribution is 0.235. The number of hydrogen-bond acceptors (Lipinski definition) is 3. The molecule has 0 aromatic heterocycles. The number of anilines is 1. The second-order valence-corrected chi connectivity index (χ2v) is 5.36. The van der Waals surface area contributed by atoms with E-state index in [1.807, 2.05) is 12.1 Å². The van der Waals surface area contributed by atoms with Gasteiger partial charge in [-0.1, -0.05) is 19.8 Å². The molecular formula is C15H24N2O. The van der Waals surface area contributed by atoms with Gasteiger partial charge in [0.15, 0.2) is 0 Å². The molecule has 0 aliphatic heterocycles. The maximum absolute atomic E-state index is 6.05. The van der Waals surface area contributed by atoms with Crippen molar-refractivity contribution >= 4 is 5.69 Å². The van der Waals surface area contributed by atoms with Crippen molar-refractivity contribution in [3.8, 4) is 5.75 Å². The van der Waals surface area contributed by atoms with Gasteiger partial charge in [-0.15, -0.1) is 0 Å². The Kier molecular flexibility index (Phi) is 4.12. The van der Waals surface area contributed by atoms with Gasteiger partial charge < -0.3 is 15.8 Å². The van der Waals surface area contributed by atoms with E-state index in [9.17, 15) is 0 Å². The standard InChI is InChI=1S/C15H24N2O/c1-12-5-3-4-10-15(12,11-16)17-13-6-8-14(18-2)9-7-13/h6-9,12,17H,3-5,10-11,16H2,1-2H3. The molecule has 3 N–H and O–H groups in total. The Balaban J connectivity index is 2.13. The number of hydrogen-bond donors (Lipinski definition) is 2. The van der Waals surface area contributed by atoms with Gasteiger partial charge in [-0.3, -0.25) is 0 Å². The summed E-state index contributed by atoms with van der Waals surface area (Å²) in [5, 5.41) is 3.66. The van der Waals surface area contributed by atoms with Crippen LogP contribution in [0, 0.1) is 5.92 Å². The Labute approximate surface area is 110 Å². The van der Waals surface area contributed by atoms with E-state index in [4.69, 9.17) is 10.5 Å². The Bertz CT molecular complexity index is 377. The van der Waals surface area contributed by atoms with Crippen molar-refractivity contribution in [3.63, 3.8) is 0 Å². The van der Waals surface area contributed by atoms with Crippen LogP contribution < -0.4 is 15.8 Å². The predicted molar refractivity (Wildman–Crippen MR) is 76.0 cm³/mol. The lowest BCUT2D eigenvalue weighted by Crippen LogP contribution is -2.52. The van der Waals surface area contributed by atoms with Gasteiger partial charge in [-0.25, -0.2) is 0 Å². The first-order valence-corrected chi connectivity index (χ1v) is 6.82. The smallest absolute Gasteiger partial charge is 0.119 e. The van der Waals surface area contributed by atoms with Crippen LogP contribution in [0.5, 0.6) is 5.75 Å². The average molecular weight is 248 g/mol. The predicted octanol–water partition coefficient (Wildman–Crippen LogP) is 3.01. The zero-order valence-corrected chi connectivity index (χ0v) is 11.4. The van der Waals surface area contributed by atoms with Crippen LogP contribution in [-0.2, 0) is 0 Å². The van der Waals surface area contributed by atoms with Crippen LogP contribution in [0.3, 0.4) is 0 Å². The fraction of sp³-hybridized carbons (Fsp3) is 0.600. The minimum absolute atomic E-state index is 0.0623. The number of benzene rings is 1. The molecular weight excluding hydrogens is 224 g/mol. The van der Waals surface area contributed by atoms with Crippen molar-refractivity contribution < 1.29 is 4.74 Å². The molecule has 1 aliphatic rings. The molecule has 1 aliphatic carbocycles. The van der Waals surface area contributed by atoms with E-state index in [0.29, 0.717) is 12.5 Å². The third-order valence-electron chi connectivity index (χ3n) is 4.30. The topological polar surface area (TPSA) is 47.3 Å². The molecule has 0 bridgehead atoms. The van der Waals surface area contributed by atoms with E-state index in [1.54, 1.807) is 7.11 Å². The maximum atomic E-state index is 6.05. The lowest BCUT2D eigenvalue weighted by Gasteiger charge is -2.43. The molecule has 0 saturated heterocycles. The van der Waals surface area contributed by atoms with Crippen LogP contribution in [-0.4, -0.2) is 19.2 Å². The van der Waals surface area contributed by atoms with Crippen molar-refractivity contribution in [2.45, 2.75) is 38.1 Å². The van der Waals surface area contributed by atoms with E-state index in [0.717, 1.165) is 17.9 Å². The molecule has 18 heavy (non-hydrogen) atoms. The minimum atomic E-state index is 0.0623. The van der Waals surface area contributed by atoms with E-state index in [-0.39, 0.29) is 5.54 Å². The van der Waals surface area contributed by atoms with Gasteiger partial charge in [-0.2, -0.15) is 0 Å². The van der Waals surface area contributed by atoms with Crippen molar-refractivity contribution in [1.82, 2.24) is 0 Å². The van der Waals surface area contributed by atoms with E-state index in [2.05, 4.69) is 24.4 Å². The van der Waals surface area contributed by atoms with Crippen LogP contribution in [0.4, 0.5) is 5.69 Å². The number of nitrogens with one attached hydrogen (secondary N) is 1. The van der Waals surface area contributed by atoms with Crippen LogP contribution in [0.1, 0.15) is 32.6 Å². The van der Waals surface area contributed by atoms with Gasteiger partial charge in [0.25, 0.3) is 0 Å². The molecule has 0 spiro atoms. The minimum Gasteiger partial charge on any atom is -0.497 e. The summed E-state index contributed by atoms with van der Waals surface area (Å²) in [5.41, 5.74) is 7.24. The quantitative estimate of drug-likeness (QED) is 0.861. The molecule has 3 heteroatoms. The fourth-order valence-corrected chi connectivity index (χ4v) is 2.92. The molecule has 1 aromatic rings. The molecule has 2 unspecified atom stereocenters. The first-order valence-electron chi connectivity index (χ1n) is 6.82. The molecule has 1 aromatic carbocycles. The van der Waals surface area contributed by atoms with Crippen molar-refractivity contribution in [2.24, 2.45) is 11.7 Å². The van der Waals surface area contributed by atoms with Crippen molar-refractivity contribution in [1.29, 1.82) is 0 Å². The largest absolute Gasteiger partial charge is 0.497 e. The first-order chi connectivity index (χ1) is 8.70. The second kappa shape index (κ2) is 5.61. The van der Waals surface area contributed by atoms with Gasteiger partial charge in [0.05, 0.1) is 12.6 Å². The van der Waals surface area contributed by atoms with E-state index < -0.39 is 0 Å². The highest BCUT2D eigenvalue weighted by molar-refractivity contribution is 5.49. The SMILES string of the molecule is COc1ccc(NC2(CN)CCCCC2C)cc1. The Morgan fingerprint density at radius 1 is 1.33 bits per heavy atom. The Morgan fingerprint density at radius 3 is 2.61 bits per heavy atom. The molecule has 100 valence electrons. The molecule has 2 atom stereocenters. The van der Waals surface area contributed by atoms with Gasteiger partial charge in [-0.05, 0) is 43.0 Å². The second-order valence-electron chi connectivity index (χ2n) is 5.36. The molecule has 1 saturated carbocycles. The molecule has 3 nitrogen and oxygen atoms in total. The summed E-state index contributed by atoms with van der Waals surface area (Å²) in [6.07, 6.45) is 5.02. The first kappa shape index (κ1) is 13.2. The highest BCUT2D eigenvalue weighted by Crippen LogP contribution is 2.36. The zero-order valence-electron chi connectivity index (χ0n) is 11.4. The highest BCUT2D eigenvalue weighted by atomic mass is 16.5. The van der Waals surface area contributed by atoms with Crippen LogP contribution in [0.2, 0.25) is 0 Å². The molecule has 0 amide bonds. The molecule has 1 fully saturated rings. The highest BCUT2D eigenvalue weighted by Gasteiger charge is 2.36. The number of methoxy groups -OCH3 is 1. The van der Waals surface area contributed by atoms with Crippen LogP contribution in [0.15, 0.2) is 24.3 Å². The monoisotopic (exact) mass is 248 g/mol. The Morgan fingerprint density at radius 2 is 2.06 bits per heavy atom. The average Bonchev–Trinajstić information content (AvgIpc) is 2.42. The Hall–Kier alpha value is -1.22. The summed E-state index contributed by atoms with van der Waals surface area (Å²) in [5.74, 6) is 1.51. The zero-order chi connectivity index (χ0) is 13.0. The molecule has 2 rings (SSSR count). The maximum Gasteiger partial charge on any atom is 0.119 e.